The Balaban J connectivity index is 0.000000142. The van der Waals surface area contributed by atoms with Crippen molar-refractivity contribution in [1.29, 1.82) is 0 Å². The molecule has 0 aliphatic rings. The second-order valence-corrected chi connectivity index (χ2v) is 25.7. The van der Waals surface area contributed by atoms with Gasteiger partial charge in [-0.15, -0.1) is 16.4 Å². The van der Waals surface area contributed by atoms with E-state index in [4.69, 9.17) is 44.6 Å². The van der Waals surface area contributed by atoms with Crippen molar-refractivity contribution in [1.82, 2.24) is 44.9 Å². The van der Waals surface area contributed by atoms with E-state index in [1.165, 1.54) is 25.6 Å². The standard InChI is InChI=1S/C23H24N4O3S.C22H21NO3.C20H16N6.C18H20O5/c1-5-27-19-9-7-16(11-18(19)25-26-27)13-30-22(28)12-21-15(3)24-23(31-21)17-8-6-14(2)10-20(17)29-4;1-14-19(20(15(2)23-14)22(25)26-3)21(24)18-12-8-7-11-17(18)13-16-9-5-4-6-10-16;21-13-4-1-11(2-5-13)19-23-15-7-3-12(9-17(15)25-19)20-24-16-8-6-14(22)10-18(16)26-20;1-20-15-8-7-12(9-14(15)19)5-6-13-10-16(21-2)18(23-4)17(11-13)22-3/h6-11H,5,12-13H2,1-4H3;4-12,23H,13H2,1-3H3;1-10H,21-22H2,(H,23,25)(H,24,26);5-11,19H,1-4H3/b;;;6-5-. The van der Waals surface area contributed by atoms with E-state index in [2.05, 4.69) is 40.2 Å². The number of ketones is 1. The topological polar surface area (TPSA) is 305 Å². The molecule has 0 unspecified atom stereocenters. The summed E-state index contributed by atoms with van der Waals surface area (Å²) in [7, 11) is 9.20. The number of aromatic nitrogens is 9. The van der Waals surface area contributed by atoms with E-state index in [0.717, 1.165) is 128 Å². The first-order chi connectivity index (χ1) is 51.3. The summed E-state index contributed by atoms with van der Waals surface area (Å²) in [6.45, 7) is 10.5. The Kier molecular flexibility index (Phi) is 23.7. The number of benzene rings is 9. The molecule has 540 valence electrons. The van der Waals surface area contributed by atoms with Crippen LogP contribution in [0.25, 0.3) is 78.6 Å². The number of carbonyl (C=O) groups excluding carboxylic acids is 3. The predicted molar refractivity (Wildman–Crippen MR) is 416 cm³/mol. The highest BCUT2D eigenvalue weighted by Crippen LogP contribution is 2.40. The predicted octanol–water partition coefficient (Wildman–Crippen LogP) is 16.3. The monoisotopic (exact) mass is 1440 g/mol. The fourth-order valence-electron chi connectivity index (χ4n) is 11.9. The number of anilines is 2. The maximum absolute atomic E-state index is 13.3. The number of aryl methyl sites for hydroxylation is 5. The number of H-pyrrole nitrogens is 3. The Morgan fingerprint density at radius 1 is 0.566 bits per heavy atom. The fourth-order valence-corrected chi connectivity index (χ4v) is 13.0. The van der Waals surface area contributed by atoms with Gasteiger partial charge in [0.1, 0.15) is 34.5 Å². The molecule has 9 aromatic carbocycles. The Hall–Kier alpha value is -13.0. The van der Waals surface area contributed by atoms with Crippen molar-refractivity contribution < 1.29 is 52.6 Å². The molecule has 5 aromatic heterocycles. The molecule has 5 heterocycles. The first-order valence-corrected chi connectivity index (χ1v) is 34.6. The van der Waals surface area contributed by atoms with Gasteiger partial charge in [0.25, 0.3) is 0 Å². The van der Waals surface area contributed by atoms with Gasteiger partial charge in [-0.1, -0.05) is 90.2 Å². The molecule has 0 amide bonds. The molecule has 0 fully saturated rings. The summed E-state index contributed by atoms with van der Waals surface area (Å²) in [4.78, 5) is 62.6. The van der Waals surface area contributed by atoms with Gasteiger partial charge in [-0.05, 0) is 184 Å². The zero-order chi connectivity index (χ0) is 75.1. The summed E-state index contributed by atoms with van der Waals surface area (Å²) < 4.78 is 38.7. The third-order valence-electron chi connectivity index (χ3n) is 17.4. The first kappa shape index (κ1) is 74.2. The number of fused-ring (bicyclic) bond motifs is 3. The summed E-state index contributed by atoms with van der Waals surface area (Å²) >= 11 is 1.49. The third-order valence-corrected chi connectivity index (χ3v) is 18.5. The lowest BCUT2D eigenvalue weighted by Gasteiger charge is -2.12. The van der Waals surface area contributed by atoms with Crippen LogP contribution in [0.3, 0.4) is 0 Å². The van der Waals surface area contributed by atoms with Gasteiger partial charge in [0, 0.05) is 50.9 Å². The Labute approximate surface area is 616 Å². The molecule has 0 atom stereocenters. The van der Waals surface area contributed by atoms with Gasteiger partial charge < -0.3 is 64.7 Å². The van der Waals surface area contributed by atoms with Crippen molar-refractivity contribution in [3.05, 3.63) is 254 Å². The molecule has 0 aliphatic carbocycles. The molecular formula is C83H81N11O11S. The van der Waals surface area contributed by atoms with Crippen LogP contribution in [-0.4, -0.2) is 110 Å². The lowest BCUT2D eigenvalue weighted by atomic mass is 9.92. The van der Waals surface area contributed by atoms with Crippen molar-refractivity contribution in [2.24, 2.45) is 0 Å². The van der Waals surface area contributed by atoms with E-state index in [0.29, 0.717) is 63.2 Å². The number of phenolic OH excluding ortho intramolecular Hbond substituents is 1. The molecule has 0 aliphatic heterocycles. The Morgan fingerprint density at radius 3 is 1.89 bits per heavy atom. The molecule has 22 nitrogen and oxygen atoms in total. The number of nitrogen functional groups attached to an aromatic ring is 2. The number of thiazole rings is 1. The van der Waals surface area contributed by atoms with Crippen LogP contribution in [0.1, 0.15) is 88.5 Å². The molecule has 8 N–H and O–H groups in total. The number of nitrogens with two attached hydrogens (primary N) is 2. The SMILES string of the molecule is CCn1nnc2cc(COC(=O)Cc3sc(-c4ccc(C)cc4OC)nc3C)ccc21.COC(=O)c1c(C)[nH]c(C)c1C(=O)c1ccccc1Cc1ccccc1.COc1ccc(/C=C\c2cc(OC)c(OC)c(OC)c2)cc1O.Nc1ccc(-c2nc3ccc(-c4nc5ccc(N)cc5[nH]4)cc3[nH]2)cc1. The second-order valence-electron chi connectivity index (χ2n) is 24.6. The number of esters is 2. The average molecular weight is 1440 g/mol. The normalized spacial score (nSPS) is 10.9. The van der Waals surface area contributed by atoms with E-state index in [1.54, 1.807) is 54.4 Å². The quantitative estimate of drug-likeness (QED) is 0.0179. The van der Waals surface area contributed by atoms with Crippen LogP contribution in [0.2, 0.25) is 0 Å². The molecular weight excluding hydrogens is 1360 g/mol. The lowest BCUT2D eigenvalue weighted by Crippen LogP contribution is -2.13. The van der Waals surface area contributed by atoms with E-state index < -0.39 is 5.97 Å². The van der Waals surface area contributed by atoms with E-state index in [1.807, 2.05) is 207 Å². The minimum atomic E-state index is -0.504. The van der Waals surface area contributed by atoms with Crippen molar-refractivity contribution in [3.63, 3.8) is 0 Å². The highest BCUT2D eigenvalue weighted by molar-refractivity contribution is 7.15. The number of methoxy groups -OCH3 is 6. The summed E-state index contributed by atoms with van der Waals surface area (Å²) in [5, 5.41) is 18.9. The number of rotatable bonds is 20. The van der Waals surface area contributed by atoms with E-state index in [-0.39, 0.29) is 30.5 Å². The van der Waals surface area contributed by atoms with Crippen LogP contribution in [0.15, 0.2) is 182 Å². The number of hydrogen-bond donors (Lipinski definition) is 6. The number of imidazole rings is 2. The molecule has 0 bridgehead atoms. The number of nitrogens with zero attached hydrogens (tertiary/aromatic N) is 6. The number of ether oxygens (including phenoxy) is 7. The number of carbonyl (C=O) groups is 3. The first-order valence-electron chi connectivity index (χ1n) is 33.8. The zero-order valence-electron chi connectivity index (χ0n) is 60.6. The maximum atomic E-state index is 13.3. The van der Waals surface area contributed by atoms with Crippen molar-refractivity contribution >= 4 is 85.7 Å². The van der Waals surface area contributed by atoms with Gasteiger partial charge in [0.05, 0.1) is 99.0 Å². The Bertz CT molecular complexity index is 5480. The van der Waals surface area contributed by atoms with Crippen molar-refractivity contribution in [2.75, 3.05) is 54.1 Å². The van der Waals surface area contributed by atoms with Gasteiger partial charge in [0.15, 0.2) is 28.8 Å². The van der Waals surface area contributed by atoms with Gasteiger partial charge in [-0.25, -0.2) is 24.4 Å². The fraction of sp³-hybridized carbons (Fsp3) is 0.181. The van der Waals surface area contributed by atoms with Crippen LogP contribution in [0, 0.1) is 27.7 Å². The molecule has 23 heteroatoms. The largest absolute Gasteiger partial charge is 0.504 e. The van der Waals surface area contributed by atoms with Gasteiger partial charge in [0.2, 0.25) is 5.75 Å². The number of hydrogen-bond acceptors (Lipinski definition) is 19. The minimum Gasteiger partial charge on any atom is -0.504 e. The van der Waals surface area contributed by atoms with Crippen LogP contribution in [0.5, 0.6) is 34.5 Å². The highest BCUT2D eigenvalue weighted by Gasteiger charge is 2.27. The van der Waals surface area contributed by atoms with Crippen LogP contribution in [0.4, 0.5) is 11.4 Å². The third kappa shape index (κ3) is 17.4. The minimum absolute atomic E-state index is 0.0968. The number of nitrogens with one attached hydrogen (secondary N) is 3. The van der Waals surface area contributed by atoms with Gasteiger partial charge in [-0.3, -0.25) is 9.59 Å². The number of aromatic amines is 3. The molecule has 0 radical (unpaired) electrons. The molecule has 106 heavy (non-hydrogen) atoms. The summed E-state index contributed by atoms with van der Waals surface area (Å²) in [5.74, 6) is 3.70. The second kappa shape index (κ2) is 33.8. The van der Waals surface area contributed by atoms with E-state index >= 15 is 0 Å². The highest BCUT2D eigenvalue weighted by atomic mass is 32.1. The number of aromatic hydroxyl groups is 1. The maximum Gasteiger partial charge on any atom is 0.340 e. The average Bonchev–Trinajstić information content (AvgIpc) is 1.65. The molecule has 0 spiro atoms. The van der Waals surface area contributed by atoms with Crippen molar-refractivity contribution in [3.8, 4) is 67.8 Å². The van der Waals surface area contributed by atoms with Crippen LogP contribution < -0.4 is 35.2 Å². The van der Waals surface area contributed by atoms with Gasteiger partial charge >= 0.3 is 11.9 Å². The lowest BCUT2D eigenvalue weighted by molar-refractivity contribution is -0.144. The van der Waals surface area contributed by atoms with Crippen molar-refractivity contribution in [2.45, 2.75) is 60.6 Å². The zero-order valence-corrected chi connectivity index (χ0v) is 61.4. The van der Waals surface area contributed by atoms with Crippen LogP contribution in [-0.2, 0) is 40.3 Å². The molecule has 0 saturated heterocycles. The van der Waals surface area contributed by atoms with Crippen LogP contribution >= 0.6 is 11.3 Å². The van der Waals surface area contributed by atoms with E-state index in [9.17, 15) is 19.5 Å². The molecule has 14 rings (SSSR count). The molecule has 0 saturated carbocycles. The summed E-state index contributed by atoms with van der Waals surface area (Å²) in [6.07, 6.45) is 4.61. The molecule has 14 aromatic rings. The number of phenols is 1. The summed E-state index contributed by atoms with van der Waals surface area (Å²) in [6, 6.07) is 57.6. The Morgan fingerprint density at radius 2 is 1.21 bits per heavy atom. The smallest absolute Gasteiger partial charge is 0.340 e. The summed E-state index contributed by atoms with van der Waals surface area (Å²) in [5.41, 5.74) is 30.6. The van der Waals surface area contributed by atoms with Gasteiger partial charge in [-0.2, -0.15) is 0 Å².